The van der Waals surface area contributed by atoms with Crippen LogP contribution in [0, 0.1) is 0 Å². The molecule has 0 spiro atoms. The topological polar surface area (TPSA) is 145 Å². The summed E-state index contributed by atoms with van der Waals surface area (Å²) in [6, 6.07) is 2.10. The van der Waals surface area contributed by atoms with E-state index in [-0.39, 0.29) is 21.1 Å². The van der Waals surface area contributed by atoms with E-state index in [4.69, 9.17) is 11.6 Å². The average Bonchev–Trinajstić information content (AvgIpc) is 2.27. The minimum Gasteiger partial charge on any atom is -0.412 e. The summed E-state index contributed by atoms with van der Waals surface area (Å²) in [5.41, 5.74) is 0.149. The number of nitrogens with zero attached hydrogens (tertiary/aromatic N) is 1. The zero-order chi connectivity index (χ0) is 14.3. The van der Waals surface area contributed by atoms with Crippen LogP contribution in [0.5, 0.6) is 0 Å². The summed E-state index contributed by atoms with van der Waals surface area (Å²) in [5, 5.41) is 2.42. The van der Waals surface area contributed by atoms with Crippen LogP contribution >= 0.6 is 11.6 Å². The molecule has 1 aliphatic heterocycles. The molecule has 1 aromatic carbocycles. The Hall–Kier alpha value is -1.24. The molecule has 112 valence electrons. The normalized spacial score (nSPS) is 15.9. The number of fused-ring (bicyclic) bond motifs is 1. The van der Waals surface area contributed by atoms with Crippen molar-refractivity contribution in [2.24, 2.45) is 4.40 Å². The highest BCUT2D eigenvalue weighted by Gasteiger charge is 2.27. The van der Waals surface area contributed by atoms with Gasteiger partial charge in [-0.25, -0.2) is 8.42 Å². The van der Waals surface area contributed by atoms with Crippen molar-refractivity contribution in [1.29, 1.82) is 0 Å². The van der Waals surface area contributed by atoms with Gasteiger partial charge in [0.05, 0.1) is 17.8 Å². The molecule has 20 heavy (non-hydrogen) atoms. The van der Waals surface area contributed by atoms with Gasteiger partial charge in [0, 0.05) is 0 Å². The second-order valence-electron chi connectivity index (χ2n) is 3.42. The van der Waals surface area contributed by atoms with E-state index in [2.05, 4.69) is 14.6 Å². The SMILES string of the molecule is CONS(=O)(=O)c1cc2c(cc1Cl)NC=NS2(=O)=O.O. The summed E-state index contributed by atoms with van der Waals surface area (Å²) >= 11 is 5.82. The molecular formula is C8H10ClN3O6S2. The van der Waals surface area contributed by atoms with E-state index in [0.717, 1.165) is 19.5 Å². The lowest BCUT2D eigenvalue weighted by molar-refractivity contribution is 0.153. The van der Waals surface area contributed by atoms with Crippen molar-refractivity contribution in [2.75, 3.05) is 12.4 Å². The summed E-state index contributed by atoms with van der Waals surface area (Å²) < 4.78 is 50.2. The monoisotopic (exact) mass is 343 g/mol. The third-order valence-electron chi connectivity index (χ3n) is 2.21. The Labute approximate surface area is 120 Å². The summed E-state index contributed by atoms with van der Waals surface area (Å²) in [5.74, 6) is 0. The number of hydrogen-bond donors (Lipinski definition) is 2. The van der Waals surface area contributed by atoms with Crippen LogP contribution < -0.4 is 10.2 Å². The van der Waals surface area contributed by atoms with Gasteiger partial charge in [-0.1, -0.05) is 16.5 Å². The molecular weight excluding hydrogens is 334 g/mol. The first-order valence-electron chi connectivity index (χ1n) is 4.71. The van der Waals surface area contributed by atoms with Gasteiger partial charge >= 0.3 is 0 Å². The molecule has 4 N–H and O–H groups in total. The molecule has 1 aromatic rings. The van der Waals surface area contributed by atoms with Gasteiger partial charge in [-0.3, -0.25) is 4.84 Å². The largest absolute Gasteiger partial charge is 0.412 e. The molecule has 0 radical (unpaired) electrons. The van der Waals surface area contributed by atoms with Crippen LogP contribution in [0.4, 0.5) is 5.69 Å². The molecule has 0 amide bonds. The van der Waals surface area contributed by atoms with Gasteiger partial charge in [0.25, 0.3) is 20.0 Å². The van der Waals surface area contributed by atoms with Crippen molar-refractivity contribution in [3.05, 3.63) is 17.2 Å². The zero-order valence-corrected chi connectivity index (χ0v) is 12.3. The van der Waals surface area contributed by atoms with Crippen molar-refractivity contribution in [1.82, 2.24) is 4.89 Å². The first-order chi connectivity index (χ1) is 8.78. The van der Waals surface area contributed by atoms with E-state index >= 15 is 0 Å². The lowest BCUT2D eigenvalue weighted by Crippen LogP contribution is -2.23. The maximum Gasteiger partial charge on any atom is 0.285 e. The lowest BCUT2D eigenvalue weighted by atomic mass is 10.3. The number of anilines is 1. The fourth-order valence-corrected chi connectivity index (χ4v) is 3.85. The van der Waals surface area contributed by atoms with Crippen molar-refractivity contribution in [3.8, 4) is 0 Å². The Bertz CT molecular complexity index is 759. The highest BCUT2D eigenvalue weighted by molar-refractivity contribution is 7.91. The Balaban J connectivity index is 0.00000200. The summed E-state index contributed by atoms with van der Waals surface area (Å²) in [7, 11) is -6.91. The van der Waals surface area contributed by atoms with Crippen molar-refractivity contribution in [3.63, 3.8) is 0 Å². The number of sulfonamides is 2. The fraction of sp³-hybridized carbons (Fsp3) is 0.125. The summed E-state index contributed by atoms with van der Waals surface area (Å²) in [4.78, 5) is 5.37. The van der Waals surface area contributed by atoms with E-state index in [1.54, 1.807) is 4.89 Å². The van der Waals surface area contributed by atoms with Crippen LogP contribution in [0.3, 0.4) is 0 Å². The molecule has 2 rings (SSSR count). The molecule has 0 saturated heterocycles. The Morgan fingerprint density at radius 1 is 1.40 bits per heavy atom. The van der Waals surface area contributed by atoms with E-state index < -0.39 is 24.9 Å². The quantitative estimate of drug-likeness (QED) is 0.707. The molecule has 0 bridgehead atoms. The molecule has 0 unspecified atom stereocenters. The Morgan fingerprint density at radius 3 is 2.65 bits per heavy atom. The second-order valence-corrected chi connectivity index (χ2v) is 7.04. The maximum atomic E-state index is 11.8. The summed E-state index contributed by atoms with van der Waals surface area (Å²) in [6.07, 6.45) is 0.982. The number of hydrogen-bond acceptors (Lipinski definition) is 6. The van der Waals surface area contributed by atoms with Gasteiger partial charge in [0.15, 0.2) is 0 Å². The zero-order valence-electron chi connectivity index (χ0n) is 9.91. The minimum absolute atomic E-state index is 0. The molecule has 0 saturated carbocycles. The fourth-order valence-electron chi connectivity index (χ4n) is 1.44. The highest BCUT2D eigenvalue weighted by Crippen LogP contribution is 2.33. The van der Waals surface area contributed by atoms with Gasteiger partial charge < -0.3 is 10.8 Å². The average molecular weight is 344 g/mol. The highest BCUT2D eigenvalue weighted by atomic mass is 35.5. The third-order valence-corrected chi connectivity index (χ3v) is 5.21. The molecule has 1 aliphatic rings. The molecule has 0 aromatic heterocycles. The van der Waals surface area contributed by atoms with Crippen LogP contribution in [0.1, 0.15) is 0 Å². The Morgan fingerprint density at radius 2 is 2.05 bits per heavy atom. The molecule has 9 nitrogen and oxygen atoms in total. The Kier molecular flexibility index (Phi) is 4.74. The number of nitrogens with one attached hydrogen (secondary N) is 2. The van der Waals surface area contributed by atoms with Crippen LogP contribution in [0.2, 0.25) is 5.02 Å². The predicted molar refractivity (Wildman–Crippen MR) is 71.7 cm³/mol. The van der Waals surface area contributed by atoms with E-state index in [1.165, 1.54) is 6.07 Å². The lowest BCUT2D eigenvalue weighted by Gasteiger charge is -2.15. The van der Waals surface area contributed by atoms with Crippen LogP contribution in [0.25, 0.3) is 0 Å². The van der Waals surface area contributed by atoms with Crippen LogP contribution in [0.15, 0.2) is 26.3 Å². The number of halogens is 1. The van der Waals surface area contributed by atoms with Gasteiger partial charge in [-0.2, -0.15) is 8.42 Å². The molecule has 0 atom stereocenters. The third kappa shape index (κ3) is 2.92. The van der Waals surface area contributed by atoms with Gasteiger partial charge in [0.1, 0.15) is 16.1 Å². The van der Waals surface area contributed by atoms with Crippen molar-refractivity contribution < 1.29 is 27.1 Å². The van der Waals surface area contributed by atoms with E-state index in [1.807, 2.05) is 0 Å². The first-order valence-corrected chi connectivity index (χ1v) is 8.02. The maximum absolute atomic E-state index is 11.8. The van der Waals surface area contributed by atoms with Crippen LogP contribution in [-0.2, 0) is 24.9 Å². The second kappa shape index (κ2) is 5.63. The first kappa shape index (κ1) is 16.8. The molecule has 1 heterocycles. The van der Waals surface area contributed by atoms with Crippen molar-refractivity contribution in [2.45, 2.75) is 9.79 Å². The van der Waals surface area contributed by atoms with Crippen LogP contribution in [-0.4, -0.2) is 35.8 Å². The standard InChI is InChI=1S/C8H8ClN3O5S2.H2O/c1-17-12-19(15,16)7-3-8-6(2-5(7)9)10-4-11-18(8,13)14;/h2-4,12H,1H3,(H,10,11);1H2. The number of rotatable bonds is 3. The molecule has 0 fully saturated rings. The van der Waals surface area contributed by atoms with E-state index in [9.17, 15) is 16.8 Å². The smallest absolute Gasteiger partial charge is 0.285 e. The summed E-state index contributed by atoms with van der Waals surface area (Å²) in [6.45, 7) is 0. The molecule has 12 heteroatoms. The van der Waals surface area contributed by atoms with E-state index in [0.29, 0.717) is 0 Å². The van der Waals surface area contributed by atoms with Gasteiger partial charge in [-0.15, -0.1) is 4.40 Å². The molecule has 0 aliphatic carbocycles. The van der Waals surface area contributed by atoms with Gasteiger partial charge in [0.2, 0.25) is 0 Å². The van der Waals surface area contributed by atoms with Gasteiger partial charge in [-0.05, 0) is 12.1 Å². The van der Waals surface area contributed by atoms with Crippen molar-refractivity contribution >= 4 is 43.7 Å². The predicted octanol–water partition coefficient (Wildman–Crippen LogP) is -0.502. The number of benzene rings is 1. The minimum atomic E-state index is -4.07.